The van der Waals surface area contributed by atoms with Crippen molar-refractivity contribution in [1.82, 2.24) is 9.55 Å². The highest BCUT2D eigenvalue weighted by Crippen LogP contribution is 2.38. The second-order valence-corrected chi connectivity index (χ2v) is 9.11. The van der Waals surface area contributed by atoms with Gasteiger partial charge in [-0.3, -0.25) is 0 Å². The lowest BCUT2D eigenvalue weighted by Gasteiger charge is -2.32. The van der Waals surface area contributed by atoms with Gasteiger partial charge in [0, 0.05) is 25.2 Å². The van der Waals surface area contributed by atoms with Crippen LogP contribution in [0.3, 0.4) is 0 Å². The maximum Gasteiger partial charge on any atom is 0.517 e. The molecule has 1 fully saturated rings. The third-order valence-electron chi connectivity index (χ3n) is 4.77. The van der Waals surface area contributed by atoms with Crippen LogP contribution in [-0.2, 0) is 9.31 Å². The maximum absolute atomic E-state index is 6.19. The molecule has 0 amide bonds. The third-order valence-corrected chi connectivity index (χ3v) is 6.64. The summed E-state index contributed by atoms with van der Waals surface area (Å²) in [6.45, 7) is 8.26. The number of hydrogen-bond acceptors (Lipinski definition) is 4. The van der Waals surface area contributed by atoms with Crippen molar-refractivity contribution >= 4 is 57.7 Å². The minimum absolute atomic E-state index is 0.357. The second-order valence-electron chi connectivity index (χ2n) is 7.07. The first kappa shape index (κ1) is 17.5. The van der Waals surface area contributed by atoms with Crippen molar-refractivity contribution < 1.29 is 9.31 Å². The van der Waals surface area contributed by atoms with Gasteiger partial charge in [0.2, 0.25) is 0 Å². The van der Waals surface area contributed by atoms with Gasteiger partial charge >= 0.3 is 7.12 Å². The van der Waals surface area contributed by atoms with E-state index in [0.717, 1.165) is 22.2 Å². The first-order valence-electron chi connectivity index (χ1n) is 7.58. The van der Waals surface area contributed by atoms with Crippen molar-refractivity contribution in [3.63, 3.8) is 0 Å². The van der Waals surface area contributed by atoms with Crippen molar-refractivity contribution in [2.24, 2.45) is 0 Å². The highest BCUT2D eigenvalue weighted by molar-refractivity contribution is 14.2. The molecule has 124 valence electrons. The fourth-order valence-corrected chi connectivity index (χ4v) is 4.12. The Bertz CT molecular complexity index is 732. The van der Waals surface area contributed by atoms with Crippen LogP contribution in [0.4, 0.5) is 5.69 Å². The minimum atomic E-state index is -0.429. The fraction of sp³-hybridized carbons (Fsp3) is 0.533. The van der Waals surface area contributed by atoms with E-state index in [9.17, 15) is 0 Å². The topological polar surface area (TPSA) is 39.5 Å². The summed E-state index contributed by atoms with van der Waals surface area (Å²) in [5.74, 6) is 0. The van der Waals surface area contributed by atoms with E-state index < -0.39 is 7.12 Å². The van der Waals surface area contributed by atoms with Crippen LogP contribution in [0.1, 0.15) is 27.7 Å². The Balaban J connectivity index is 2.09. The highest BCUT2D eigenvalue weighted by atomic mass is 127. The zero-order valence-electron chi connectivity index (χ0n) is 14.3. The number of benzene rings is 1. The monoisotopic (exact) mass is 445 g/mol. The van der Waals surface area contributed by atoms with Crippen molar-refractivity contribution in [3.05, 3.63) is 18.2 Å². The molecule has 23 heavy (non-hydrogen) atoms. The van der Waals surface area contributed by atoms with E-state index in [1.165, 1.54) is 0 Å². The van der Waals surface area contributed by atoms with E-state index in [0.29, 0.717) is 6.37 Å². The van der Waals surface area contributed by atoms with Crippen molar-refractivity contribution in [2.45, 2.75) is 38.9 Å². The molecule has 3 rings (SSSR count). The lowest BCUT2D eigenvalue weighted by Crippen LogP contribution is -2.41. The second kappa shape index (κ2) is 5.86. The van der Waals surface area contributed by atoms with E-state index in [-0.39, 0.29) is 11.2 Å². The summed E-state index contributed by atoms with van der Waals surface area (Å²) in [5, 5.41) is 5.87. The Labute approximate surface area is 152 Å². The van der Waals surface area contributed by atoms with E-state index in [1.807, 2.05) is 18.5 Å². The molecule has 8 heteroatoms. The predicted octanol–water partition coefficient (Wildman–Crippen LogP) is 3.19. The van der Waals surface area contributed by atoms with Crippen molar-refractivity contribution in [2.75, 3.05) is 19.0 Å². The molecule has 1 atom stereocenters. The Hall–Kier alpha value is -0.365. The number of aromatic nitrogens is 2. The summed E-state index contributed by atoms with van der Waals surface area (Å²) in [6, 6.07) is 6.40. The minimum Gasteiger partial charge on any atom is -0.398 e. The summed E-state index contributed by atoms with van der Waals surface area (Å²) >= 11 is 2.35. The summed E-state index contributed by atoms with van der Waals surface area (Å²) in [6.07, 6.45) is 0.529. The number of hydrogen-bond donors (Lipinski definition) is 0. The average molecular weight is 445 g/mol. The number of anilines is 1. The van der Waals surface area contributed by atoms with Gasteiger partial charge in [-0.25, -0.2) is 4.45 Å². The molecule has 0 bridgehead atoms. The normalized spacial score (nSPS) is 20.0. The molecule has 0 spiro atoms. The molecule has 2 heterocycles. The van der Waals surface area contributed by atoms with Gasteiger partial charge in [-0.05, 0) is 67.9 Å². The predicted molar refractivity (Wildman–Crippen MR) is 108 cm³/mol. The zero-order valence-corrected chi connectivity index (χ0v) is 17.5. The number of fused-ring (bicyclic) bond motifs is 1. The Kier molecular flexibility index (Phi) is 4.45. The van der Waals surface area contributed by atoms with Crippen molar-refractivity contribution in [3.8, 4) is 0 Å². The fourth-order valence-electron chi connectivity index (χ4n) is 2.60. The molecule has 0 N–H and O–H groups in total. The molecular formula is C15H22BIN3O2P. The molecule has 1 unspecified atom stereocenters. The van der Waals surface area contributed by atoms with Gasteiger partial charge in [0.15, 0.2) is 0 Å². The quantitative estimate of drug-likeness (QED) is 0.414. The van der Waals surface area contributed by atoms with Crippen LogP contribution in [0.5, 0.6) is 0 Å². The average Bonchev–Trinajstić information content (AvgIpc) is 2.93. The lowest BCUT2D eigenvalue weighted by molar-refractivity contribution is 0.00578. The molecular weight excluding hydrogens is 423 g/mol. The standard InChI is InChI=1S/C15H22BIN3O2P/c1-14(2)15(3,4)22-16(21-14)13-11-8-7-10(19(5)6)9-12(11)20(18-13)23-17/h7-9,23H,1-6H3. The third kappa shape index (κ3) is 2.90. The lowest BCUT2D eigenvalue weighted by atomic mass is 9.82. The molecule has 1 aliphatic rings. The Morgan fingerprint density at radius 3 is 2.30 bits per heavy atom. The molecule has 1 aliphatic heterocycles. The summed E-state index contributed by atoms with van der Waals surface area (Å²) in [5.41, 5.74) is 2.43. The Morgan fingerprint density at radius 2 is 1.78 bits per heavy atom. The van der Waals surface area contributed by atoms with Crippen LogP contribution in [0, 0.1) is 0 Å². The molecule has 1 aromatic heterocycles. The molecule has 0 saturated carbocycles. The molecule has 2 aromatic rings. The molecule has 5 nitrogen and oxygen atoms in total. The number of halogens is 1. The molecule has 1 saturated heterocycles. The van der Waals surface area contributed by atoms with E-state index in [2.05, 4.69) is 72.8 Å². The van der Waals surface area contributed by atoms with Crippen LogP contribution in [0.25, 0.3) is 10.9 Å². The molecule has 0 aliphatic carbocycles. The number of nitrogens with zero attached hydrogens (tertiary/aromatic N) is 3. The first-order chi connectivity index (χ1) is 10.7. The highest BCUT2D eigenvalue weighted by Gasteiger charge is 2.53. The summed E-state index contributed by atoms with van der Waals surface area (Å²) < 4.78 is 14.4. The van der Waals surface area contributed by atoms with Gasteiger partial charge in [-0.2, -0.15) is 5.10 Å². The van der Waals surface area contributed by atoms with Crippen LogP contribution in [-0.4, -0.2) is 42.0 Å². The van der Waals surface area contributed by atoms with E-state index >= 15 is 0 Å². The number of rotatable bonds is 3. The van der Waals surface area contributed by atoms with Gasteiger partial charge < -0.3 is 14.2 Å². The maximum atomic E-state index is 6.19. The van der Waals surface area contributed by atoms with E-state index in [4.69, 9.17) is 14.4 Å². The van der Waals surface area contributed by atoms with Gasteiger partial charge in [-0.15, -0.1) is 0 Å². The summed E-state index contributed by atoms with van der Waals surface area (Å²) in [7, 11) is 3.66. The molecule has 0 radical (unpaired) electrons. The largest absolute Gasteiger partial charge is 0.517 e. The van der Waals surface area contributed by atoms with E-state index in [1.54, 1.807) is 0 Å². The van der Waals surface area contributed by atoms with Crippen molar-refractivity contribution in [1.29, 1.82) is 0 Å². The SMILES string of the molecule is CN(C)c1ccc2c(B3OC(C)(C)C(C)(C)O3)nn(PI)c2c1. The molecule has 1 aromatic carbocycles. The Morgan fingerprint density at radius 1 is 1.17 bits per heavy atom. The van der Waals surface area contributed by atoms with Gasteiger partial charge in [0.25, 0.3) is 0 Å². The van der Waals surface area contributed by atoms with Gasteiger partial charge in [0.05, 0.1) is 23.1 Å². The van der Waals surface area contributed by atoms with Crippen LogP contribution < -0.4 is 10.5 Å². The zero-order chi connectivity index (χ0) is 17.0. The van der Waals surface area contributed by atoms with Gasteiger partial charge in [0.1, 0.15) is 5.59 Å². The first-order valence-corrected chi connectivity index (χ1v) is 11.6. The van der Waals surface area contributed by atoms with Gasteiger partial charge in [-0.1, -0.05) is 0 Å². The van der Waals surface area contributed by atoms with Crippen LogP contribution >= 0.6 is 28.4 Å². The van der Waals surface area contributed by atoms with Crippen LogP contribution in [0.2, 0.25) is 0 Å². The summed E-state index contributed by atoms with van der Waals surface area (Å²) in [4.78, 5) is 2.10. The van der Waals surface area contributed by atoms with Crippen LogP contribution in [0.15, 0.2) is 18.2 Å². The smallest absolute Gasteiger partial charge is 0.398 e.